The van der Waals surface area contributed by atoms with E-state index in [1.165, 1.54) is 0 Å². The summed E-state index contributed by atoms with van der Waals surface area (Å²) in [6.07, 6.45) is 0. The van der Waals surface area contributed by atoms with E-state index in [4.69, 9.17) is 0 Å². The van der Waals surface area contributed by atoms with E-state index in [1.54, 1.807) is 14.0 Å². The Morgan fingerprint density at radius 2 is 1.23 bits per heavy atom. The second kappa shape index (κ2) is 29.9. The molecule has 0 aromatic carbocycles. The average molecular weight is 191 g/mol. The van der Waals surface area contributed by atoms with Crippen LogP contribution in [-0.2, 0) is 4.79 Å². The van der Waals surface area contributed by atoms with Gasteiger partial charge in [0.15, 0.2) is 0 Å². The number of hydrogen-bond acceptors (Lipinski definition) is 2. The smallest absolute Gasteiger partial charge is 0.146 e. The lowest BCUT2D eigenvalue weighted by atomic mass is 10.2. The first-order valence-corrected chi connectivity index (χ1v) is 5.36. The van der Waals surface area contributed by atoms with Crippen molar-refractivity contribution in [3.05, 3.63) is 0 Å². The molecule has 1 unspecified atom stereocenters. The minimum Gasteiger partial charge on any atom is -0.311 e. The van der Waals surface area contributed by atoms with Gasteiger partial charge in [0.05, 0.1) is 6.04 Å². The maximum Gasteiger partial charge on any atom is 0.146 e. The summed E-state index contributed by atoms with van der Waals surface area (Å²) >= 11 is 0. The molecule has 1 N–H and O–H groups in total. The third kappa shape index (κ3) is 34.0. The average Bonchev–Trinajstić information content (AvgIpc) is 2.25. The number of hydrogen-bond donors (Lipinski definition) is 1. The van der Waals surface area contributed by atoms with E-state index < -0.39 is 0 Å². The Bertz CT molecular complexity index is 72.5. The molecule has 0 heterocycles. The van der Waals surface area contributed by atoms with Crippen LogP contribution in [-0.4, -0.2) is 18.9 Å². The fourth-order valence-electron chi connectivity index (χ4n) is 0.203. The Labute approximate surface area is 85.1 Å². The van der Waals surface area contributed by atoms with Crippen molar-refractivity contribution in [1.82, 2.24) is 5.32 Å². The number of Topliss-reactive ketones (excluding diaryl/α,β-unsaturated/α-hetero) is 1. The number of rotatable bonds is 2. The van der Waals surface area contributed by atoms with Crippen molar-refractivity contribution in [2.75, 3.05) is 7.05 Å². The van der Waals surface area contributed by atoms with Crippen LogP contribution in [0.2, 0.25) is 0 Å². The van der Waals surface area contributed by atoms with Crippen LogP contribution in [0.1, 0.15) is 55.4 Å². The summed E-state index contributed by atoms with van der Waals surface area (Å²) in [7, 11) is 1.77. The molecule has 84 valence electrons. The molecule has 0 saturated carbocycles. The van der Waals surface area contributed by atoms with E-state index in [2.05, 4.69) is 5.32 Å². The molecule has 2 nitrogen and oxygen atoms in total. The van der Waals surface area contributed by atoms with Gasteiger partial charge in [-0.05, 0) is 20.9 Å². The van der Waals surface area contributed by atoms with Gasteiger partial charge in [-0.2, -0.15) is 0 Å². The molecule has 0 aliphatic carbocycles. The molecule has 0 bridgehead atoms. The monoisotopic (exact) mass is 191 g/mol. The largest absolute Gasteiger partial charge is 0.311 e. The van der Waals surface area contributed by atoms with Gasteiger partial charge in [-0.3, -0.25) is 4.79 Å². The van der Waals surface area contributed by atoms with Gasteiger partial charge in [0.2, 0.25) is 0 Å². The highest BCUT2D eigenvalue weighted by molar-refractivity contribution is 5.80. The first kappa shape index (κ1) is 22.9. The quantitative estimate of drug-likeness (QED) is 0.726. The molecule has 0 aliphatic rings. The zero-order chi connectivity index (χ0) is 11.9. The summed E-state index contributed by atoms with van der Waals surface area (Å²) in [5.74, 6) is 0.183. The predicted molar refractivity (Wildman–Crippen MR) is 63.2 cm³/mol. The maximum atomic E-state index is 10.3. The number of ketones is 1. The van der Waals surface area contributed by atoms with E-state index >= 15 is 0 Å². The number of carbonyl (C=O) groups excluding carboxylic acids is 1. The second-order valence-corrected chi connectivity index (χ2v) is 1.62. The van der Waals surface area contributed by atoms with Crippen LogP contribution >= 0.6 is 0 Å². The SMILES string of the molecule is CC.CC.CC.CNC(C)C(C)=O. The van der Waals surface area contributed by atoms with Gasteiger partial charge in [-0.15, -0.1) is 0 Å². The molecule has 0 saturated heterocycles. The van der Waals surface area contributed by atoms with Gasteiger partial charge in [0.1, 0.15) is 5.78 Å². The first-order valence-electron chi connectivity index (χ1n) is 5.36. The lowest BCUT2D eigenvalue weighted by Gasteiger charge is -2.01. The van der Waals surface area contributed by atoms with Crippen LogP contribution in [0.25, 0.3) is 0 Å². The molecule has 2 heteroatoms. The summed E-state index contributed by atoms with van der Waals surface area (Å²) in [6.45, 7) is 15.4. The molecule has 0 amide bonds. The Balaban J connectivity index is -0.0000000573. The molecule has 0 aliphatic heterocycles. The van der Waals surface area contributed by atoms with Gasteiger partial charge >= 0.3 is 0 Å². The highest BCUT2D eigenvalue weighted by Crippen LogP contribution is 1.77. The van der Waals surface area contributed by atoms with Gasteiger partial charge in [-0.1, -0.05) is 41.5 Å². The van der Waals surface area contributed by atoms with Crippen LogP contribution in [0.3, 0.4) is 0 Å². The fraction of sp³-hybridized carbons (Fsp3) is 0.909. The molecule has 0 aromatic heterocycles. The first-order chi connectivity index (χ1) is 6.18. The van der Waals surface area contributed by atoms with E-state index in [0.717, 1.165) is 0 Å². The fourth-order valence-corrected chi connectivity index (χ4v) is 0.203. The summed E-state index contributed by atoms with van der Waals surface area (Å²) < 4.78 is 0. The maximum absolute atomic E-state index is 10.3. The highest BCUT2D eigenvalue weighted by atomic mass is 16.1. The van der Waals surface area contributed by atoms with Crippen LogP contribution in [0.15, 0.2) is 0 Å². The molecule has 1 atom stereocenters. The van der Waals surface area contributed by atoms with Crippen LogP contribution < -0.4 is 5.32 Å². The van der Waals surface area contributed by atoms with Crippen molar-refractivity contribution >= 4 is 5.78 Å². The summed E-state index contributed by atoms with van der Waals surface area (Å²) in [5.41, 5.74) is 0. The molecular weight excluding hydrogens is 162 g/mol. The molecular formula is C11H29NO. The number of carbonyl (C=O) groups is 1. The molecule has 0 rings (SSSR count). The van der Waals surface area contributed by atoms with Gasteiger partial charge < -0.3 is 5.32 Å². The van der Waals surface area contributed by atoms with Crippen molar-refractivity contribution in [1.29, 1.82) is 0 Å². The number of nitrogens with one attached hydrogen (secondary N) is 1. The van der Waals surface area contributed by atoms with Crippen LogP contribution in [0, 0.1) is 0 Å². The van der Waals surface area contributed by atoms with Crippen LogP contribution in [0.4, 0.5) is 0 Å². The van der Waals surface area contributed by atoms with Crippen molar-refractivity contribution in [3.8, 4) is 0 Å². The zero-order valence-electron chi connectivity index (χ0n) is 11.0. The Morgan fingerprint density at radius 1 is 1.00 bits per heavy atom. The van der Waals surface area contributed by atoms with Gasteiger partial charge in [0, 0.05) is 0 Å². The minimum atomic E-state index is 0.0139. The third-order valence-electron chi connectivity index (χ3n) is 1.04. The summed E-state index contributed by atoms with van der Waals surface area (Å²) in [6, 6.07) is 0.0139. The lowest BCUT2D eigenvalue weighted by Crippen LogP contribution is -2.28. The minimum absolute atomic E-state index is 0.0139. The van der Waals surface area contributed by atoms with Crippen LogP contribution in [0.5, 0.6) is 0 Å². The molecule has 13 heavy (non-hydrogen) atoms. The lowest BCUT2D eigenvalue weighted by molar-refractivity contribution is -0.118. The molecule has 0 fully saturated rings. The summed E-state index contributed by atoms with van der Waals surface area (Å²) in [5, 5.41) is 2.81. The normalized spacial score (nSPS) is 8.69. The van der Waals surface area contributed by atoms with E-state index in [-0.39, 0.29) is 11.8 Å². The molecule has 0 aromatic rings. The van der Waals surface area contributed by atoms with Gasteiger partial charge in [0.25, 0.3) is 0 Å². The Morgan fingerprint density at radius 3 is 1.23 bits per heavy atom. The van der Waals surface area contributed by atoms with E-state index in [9.17, 15) is 4.79 Å². The zero-order valence-corrected chi connectivity index (χ0v) is 11.0. The standard InChI is InChI=1S/C5H11NO.3C2H6/c1-4(6-3)5(2)7;3*1-2/h4,6H,1-3H3;3*1-2H3. The number of likely N-dealkylation sites (N-methyl/N-ethyl adjacent to an activating group) is 1. The highest BCUT2D eigenvalue weighted by Gasteiger charge is 2.00. The predicted octanol–water partition coefficient (Wildman–Crippen LogP) is 3.26. The van der Waals surface area contributed by atoms with E-state index in [0.29, 0.717) is 0 Å². The Kier molecular flexibility index (Phi) is 52.7. The van der Waals surface area contributed by atoms with Gasteiger partial charge in [-0.25, -0.2) is 0 Å². The van der Waals surface area contributed by atoms with Crippen molar-refractivity contribution in [2.45, 2.75) is 61.4 Å². The van der Waals surface area contributed by atoms with Crippen molar-refractivity contribution in [3.63, 3.8) is 0 Å². The molecule has 0 spiro atoms. The second-order valence-electron chi connectivity index (χ2n) is 1.62. The Hall–Kier alpha value is -0.370. The summed E-state index contributed by atoms with van der Waals surface area (Å²) in [4.78, 5) is 10.3. The third-order valence-corrected chi connectivity index (χ3v) is 1.04. The molecule has 0 radical (unpaired) electrons. The van der Waals surface area contributed by atoms with E-state index in [1.807, 2.05) is 48.5 Å². The topological polar surface area (TPSA) is 29.1 Å². The van der Waals surface area contributed by atoms with Crippen molar-refractivity contribution in [2.24, 2.45) is 0 Å². The van der Waals surface area contributed by atoms with Crippen molar-refractivity contribution < 1.29 is 4.79 Å².